The summed E-state index contributed by atoms with van der Waals surface area (Å²) < 4.78 is 45.2. The first-order chi connectivity index (χ1) is 40.1. The Balaban J connectivity index is 1.04. The zero-order chi connectivity index (χ0) is 59.8. The van der Waals surface area contributed by atoms with Crippen LogP contribution in [0, 0.1) is 11.3 Å². The molecule has 18 nitrogen and oxygen atoms in total. The lowest BCUT2D eigenvalue weighted by molar-refractivity contribution is -0.155. The van der Waals surface area contributed by atoms with Crippen molar-refractivity contribution in [1.82, 2.24) is 35.1 Å². The molecule has 0 spiro atoms. The second-order valence-corrected chi connectivity index (χ2v) is 26.8. The normalized spacial score (nSPS) is 22.3. The van der Waals surface area contributed by atoms with E-state index in [0.717, 1.165) is 61.2 Å². The highest BCUT2D eigenvalue weighted by Crippen LogP contribution is 2.44. The smallest absolute Gasteiger partial charge is 0.324 e. The van der Waals surface area contributed by atoms with Crippen molar-refractivity contribution in [1.29, 1.82) is 0 Å². The van der Waals surface area contributed by atoms with Gasteiger partial charge in [-0.3, -0.25) is 34.6 Å². The summed E-state index contributed by atoms with van der Waals surface area (Å²) in [5.41, 5.74) is 19.8. The lowest BCUT2D eigenvalue weighted by Crippen LogP contribution is -2.63. The molecule has 3 saturated heterocycles. The average Bonchev–Trinajstić information content (AvgIpc) is 1.80. The van der Waals surface area contributed by atoms with Crippen LogP contribution >= 0.6 is 0 Å². The maximum Gasteiger partial charge on any atom is 0.324 e. The third kappa shape index (κ3) is 13.1. The molecule has 6 N–H and O–H groups in total. The molecule has 2 amide bonds. The highest BCUT2D eigenvalue weighted by Gasteiger charge is 2.43. The number of ether oxygens (including phenoxy) is 3. The van der Waals surface area contributed by atoms with Gasteiger partial charge in [-0.2, -0.15) is 0 Å². The molecule has 6 aromatic rings. The van der Waals surface area contributed by atoms with Gasteiger partial charge in [0.25, 0.3) is 11.8 Å². The van der Waals surface area contributed by atoms with Crippen molar-refractivity contribution in [2.24, 2.45) is 11.3 Å². The summed E-state index contributed by atoms with van der Waals surface area (Å²) in [7, 11) is 0.306. The number of esters is 1. The van der Waals surface area contributed by atoms with Crippen LogP contribution in [0.4, 0.5) is 5.69 Å². The van der Waals surface area contributed by atoms with Crippen LogP contribution in [0.5, 0.6) is 5.75 Å². The number of aryl methyl sites for hydroxylation is 1. The van der Waals surface area contributed by atoms with Crippen LogP contribution in [0.15, 0.2) is 97.2 Å². The van der Waals surface area contributed by atoms with Crippen LogP contribution in [0.25, 0.3) is 44.4 Å². The van der Waals surface area contributed by atoms with Gasteiger partial charge in [0.1, 0.15) is 24.1 Å². The minimum atomic E-state index is -3.02. The SMILES string of the molecule is CCn1c(-c2cc(-c3cccc(CN4CCS(=O)(=O)CC4)c3)cnc2C(C)OC)c2c3cc(ccc31)-c1cc(O)cc(c1)CC(NC(O)C(C(C)C)N(C)C(=O)C1OCCC1c1ccc(N)cc1)C(=O)N1CCCC(N1)C(=O)OCC(C)(C)C2. The number of nitrogens with two attached hydrogens (primary N) is 1. The highest BCUT2D eigenvalue weighted by molar-refractivity contribution is 7.91. The van der Waals surface area contributed by atoms with Crippen LogP contribution in [0.2, 0.25) is 0 Å². The Morgan fingerprint density at radius 1 is 0.952 bits per heavy atom. The zero-order valence-electron chi connectivity index (χ0n) is 49.6. The zero-order valence-corrected chi connectivity index (χ0v) is 50.5. The van der Waals surface area contributed by atoms with E-state index in [4.69, 9.17) is 24.9 Å². The molecular weight excluding hydrogens is 1080 g/mol. The van der Waals surface area contributed by atoms with Crippen molar-refractivity contribution >= 4 is 44.2 Å². The van der Waals surface area contributed by atoms with Gasteiger partial charge in [0.2, 0.25) is 0 Å². The molecular formula is C65H82N8O10S. The Morgan fingerprint density at radius 2 is 1.70 bits per heavy atom. The van der Waals surface area contributed by atoms with E-state index >= 15 is 4.79 Å². The summed E-state index contributed by atoms with van der Waals surface area (Å²) in [5, 5.41) is 29.6. The number of nitrogens with one attached hydrogen (secondary N) is 2. The van der Waals surface area contributed by atoms with E-state index in [1.54, 1.807) is 26.3 Å². The summed E-state index contributed by atoms with van der Waals surface area (Å²) in [6, 6.07) is 26.8. The van der Waals surface area contributed by atoms with E-state index in [9.17, 15) is 28.2 Å². The first kappa shape index (κ1) is 60.4. The Labute approximate surface area is 493 Å². The van der Waals surface area contributed by atoms with E-state index in [2.05, 4.69) is 77.4 Å². The number of aliphatic hydroxyl groups excluding tert-OH is 1. The number of cyclic esters (lactones) is 1. The first-order valence-electron chi connectivity index (χ1n) is 29.6. The number of carbonyl (C=O) groups excluding carboxylic acids is 3. The molecule has 0 aliphatic carbocycles. The van der Waals surface area contributed by atoms with Gasteiger partial charge in [-0.05, 0) is 139 Å². The summed E-state index contributed by atoms with van der Waals surface area (Å²) in [4.78, 5) is 52.7. The molecule has 448 valence electrons. The number of amides is 2. The number of hydrogen-bond donors (Lipinski definition) is 5. The standard InChI is InChI=1S/C65H82N8O10S/c1-9-72-56-20-17-45-33-51(56)53(59(72)52-34-47(36-67-57(52)40(4)81-8)44-13-10-12-41(28-44)37-71-23-26-84(79,80)27-24-71)35-65(5,6)38-83-64(78)54-14-11-22-73(69-54)62(76)55(31-42-29-46(45)32-49(74)30-42)68-61(75)58(39(2)3)70(7)63(77)60-50(21-25-82-60)43-15-18-48(66)19-16-43/h10,12-13,15-20,28-30,32-34,36,39-40,50,54-55,58,60-61,68-69,74-75H,9,11,14,21-27,31,35,37-38,66H2,1-8H3. The second kappa shape index (κ2) is 25.1. The number of aromatic hydroxyl groups is 1. The molecule has 7 unspecified atom stereocenters. The molecule has 0 saturated carbocycles. The van der Waals surface area contributed by atoms with Crippen molar-refractivity contribution in [3.8, 4) is 39.3 Å². The van der Waals surface area contributed by atoms with Gasteiger partial charge in [-0.25, -0.2) is 13.8 Å². The van der Waals surface area contributed by atoms with Crippen LogP contribution in [0.3, 0.4) is 0 Å². The van der Waals surface area contributed by atoms with Crippen LogP contribution in [0.1, 0.15) is 101 Å². The molecule has 84 heavy (non-hydrogen) atoms. The number of methoxy groups -OCH3 is 1. The molecule has 4 aliphatic heterocycles. The van der Waals surface area contributed by atoms with Crippen molar-refractivity contribution < 1.29 is 47.2 Å². The van der Waals surface area contributed by atoms with Crippen LogP contribution in [-0.4, -0.2) is 150 Å². The maximum absolute atomic E-state index is 15.1. The molecule has 19 heteroatoms. The fourth-order valence-corrected chi connectivity index (χ4v) is 14.2. The molecule has 6 bridgehead atoms. The Kier molecular flexibility index (Phi) is 18.0. The molecule has 4 aromatic carbocycles. The molecule has 10 rings (SSSR count). The van der Waals surface area contributed by atoms with E-state index in [-0.39, 0.29) is 54.6 Å². The van der Waals surface area contributed by atoms with E-state index in [1.807, 2.05) is 69.4 Å². The van der Waals surface area contributed by atoms with Gasteiger partial charge in [0.05, 0.1) is 47.7 Å². The number of aromatic nitrogens is 2. The van der Waals surface area contributed by atoms with Crippen molar-refractivity contribution in [2.75, 3.05) is 64.2 Å². The average molecular weight is 1170 g/mol. The highest BCUT2D eigenvalue weighted by atomic mass is 32.2. The topological polar surface area (TPSA) is 231 Å². The van der Waals surface area contributed by atoms with Gasteiger partial charge in [0.15, 0.2) is 9.84 Å². The number of likely N-dealkylation sites (N-methyl/N-ethyl adjacent to an activating group) is 1. The van der Waals surface area contributed by atoms with Crippen molar-refractivity contribution in [3.05, 3.63) is 125 Å². The Morgan fingerprint density at radius 3 is 2.43 bits per heavy atom. The number of aliphatic hydroxyl groups is 1. The van der Waals surface area contributed by atoms with E-state index in [0.29, 0.717) is 75.3 Å². The monoisotopic (exact) mass is 1170 g/mol. The minimum absolute atomic E-state index is 0.0116. The van der Waals surface area contributed by atoms with Crippen molar-refractivity contribution in [2.45, 2.75) is 129 Å². The quantitative estimate of drug-likeness (QED) is 0.0398. The fraction of sp³-hybridized carbons (Fsp3) is 0.477. The number of pyridine rings is 1. The number of carbonyl (C=O) groups is 3. The number of hydrogen-bond acceptors (Lipinski definition) is 15. The predicted molar refractivity (Wildman–Crippen MR) is 325 cm³/mol. The largest absolute Gasteiger partial charge is 0.508 e. The molecule has 4 aliphatic rings. The number of phenols is 1. The summed E-state index contributed by atoms with van der Waals surface area (Å²) in [6.07, 6.45) is 1.35. The number of anilines is 1. The molecule has 0 radical (unpaired) electrons. The van der Waals surface area contributed by atoms with Gasteiger partial charge >= 0.3 is 5.97 Å². The van der Waals surface area contributed by atoms with Crippen LogP contribution < -0.4 is 16.5 Å². The van der Waals surface area contributed by atoms with Gasteiger partial charge in [-0.1, -0.05) is 70.2 Å². The van der Waals surface area contributed by atoms with Crippen LogP contribution in [-0.2, 0) is 64.4 Å². The number of benzene rings is 4. The number of hydrazine groups is 1. The summed E-state index contributed by atoms with van der Waals surface area (Å²) >= 11 is 0. The number of nitrogens with zero attached hydrogens (tertiary/aromatic N) is 5. The number of rotatable bonds is 14. The minimum Gasteiger partial charge on any atom is -0.508 e. The second-order valence-electron chi connectivity index (χ2n) is 24.5. The van der Waals surface area contributed by atoms with Gasteiger partial charge < -0.3 is 39.6 Å². The number of fused-ring (bicyclic) bond motifs is 6. The lowest BCUT2D eigenvalue weighted by atomic mass is 9.83. The molecule has 6 heterocycles. The fourth-order valence-electron chi connectivity index (χ4n) is 12.9. The maximum atomic E-state index is 15.1. The lowest BCUT2D eigenvalue weighted by Gasteiger charge is -2.40. The number of phenolic OH excluding ortho intramolecular Hbond substituents is 1. The molecule has 7 atom stereocenters. The number of nitrogen functional groups attached to an aromatic ring is 1. The van der Waals surface area contributed by atoms with E-state index in [1.165, 1.54) is 9.91 Å². The summed E-state index contributed by atoms with van der Waals surface area (Å²) in [6.45, 7) is 15.0. The molecule has 3 fully saturated rings. The van der Waals surface area contributed by atoms with Gasteiger partial charge in [-0.15, -0.1) is 0 Å². The van der Waals surface area contributed by atoms with E-state index < -0.39 is 63.7 Å². The predicted octanol–water partition coefficient (Wildman–Crippen LogP) is 7.78. The Hall–Kier alpha value is -6.71. The van der Waals surface area contributed by atoms with Crippen molar-refractivity contribution in [3.63, 3.8) is 0 Å². The third-order valence-corrected chi connectivity index (χ3v) is 19.0. The first-order valence-corrected chi connectivity index (χ1v) is 31.4. The summed E-state index contributed by atoms with van der Waals surface area (Å²) in [5.74, 6) is -1.42. The third-order valence-electron chi connectivity index (χ3n) is 17.4. The molecule has 2 aromatic heterocycles. The van der Waals surface area contributed by atoms with Gasteiger partial charge in [0, 0.05) is 98.7 Å². The number of sulfone groups is 1. The Bertz CT molecular complexity index is 3500.